The number of piperazine rings is 1. The fraction of sp³-hybridized carbons (Fsp3) is 0.455. The summed E-state index contributed by atoms with van der Waals surface area (Å²) in [6.45, 7) is 7.01. The van der Waals surface area contributed by atoms with Crippen LogP contribution in [0.2, 0.25) is 10.3 Å². The zero-order valence-electron chi connectivity index (χ0n) is 18.3. The molecule has 2 aromatic heterocycles. The molecule has 1 atom stereocenters. The largest absolute Gasteiger partial charge is 0.460 e. The molecular weight excluding hydrogens is 455 g/mol. The van der Waals surface area contributed by atoms with Crippen LogP contribution in [0.4, 0.5) is 4.79 Å². The highest BCUT2D eigenvalue weighted by atomic mass is 35.5. The predicted molar refractivity (Wildman–Crippen MR) is 120 cm³/mol. The summed E-state index contributed by atoms with van der Waals surface area (Å²) in [5.74, 6) is -0.435. The van der Waals surface area contributed by atoms with Gasteiger partial charge in [-0.05, 0) is 38.5 Å². The van der Waals surface area contributed by atoms with Crippen LogP contribution < -0.4 is 0 Å². The molecule has 2 aromatic rings. The van der Waals surface area contributed by atoms with Crippen LogP contribution in [0.25, 0.3) is 0 Å². The molecule has 0 spiro atoms. The fourth-order valence-corrected chi connectivity index (χ4v) is 3.43. The van der Waals surface area contributed by atoms with Crippen LogP contribution in [0.3, 0.4) is 0 Å². The van der Waals surface area contributed by atoms with Crippen molar-refractivity contribution >= 4 is 35.3 Å². The van der Waals surface area contributed by atoms with Crippen molar-refractivity contribution in [3.05, 3.63) is 58.1 Å². The Morgan fingerprint density at radius 3 is 2.22 bits per heavy atom. The molecule has 0 N–H and O–H groups in total. The summed E-state index contributed by atoms with van der Waals surface area (Å²) in [6, 6.07) is 6.28. The fourth-order valence-electron chi connectivity index (χ4n) is 3.20. The van der Waals surface area contributed by atoms with Gasteiger partial charge in [0, 0.05) is 37.6 Å². The van der Waals surface area contributed by atoms with Crippen molar-refractivity contribution in [2.24, 2.45) is 0 Å². The van der Waals surface area contributed by atoms with E-state index in [0.29, 0.717) is 29.9 Å². The zero-order valence-corrected chi connectivity index (χ0v) is 19.8. The van der Waals surface area contributed by atoms with Crippen molar-refractivity contribution in [3.8, 4) is 0 Å². The maximum atomic E-state index is 13.0. The first kappa shape index (κ1) is 24.2. The van der Waals surface area contributed by atoms with Gasteiger partial charge in [0.05, 0.1) is 6.54 Å². The van der Waals surface area contributed by atoms with Gasteiger partial charge in [-0.25, -0.2) is 14.8 Å². The van der Waals surface area contributed by atoms with Gasteiger partial charge in [-0.2, -0.15) is 0 Å². The van der Waals surface area contributed by atoms with Gasteiger partial charge in [-0.1, -0.05) is 35.3 Å². The second-order valence-electron chi connectivity index (χ2n) is 8.50. The van der Waals surface area contributed by atoms with Gasteiger partial charge >= 0.3 is 12.1 Å². The first-order valence-electron chi connectivity index (χ1n) is 10.2. The molecule has 1 aliphatic heterocycles. The first-order valence-corrected chi connectivity index (χ1v) is 11.0. The second-order valence-corrected chi connectivity index (χ2v) is 9.27. The van der Waals surface area contributed by atoms with E-state index in [0.717, 1.165) is 11.1 Å². The highest BCUT2D eigenvalue weighted by Gasteiger charge is 2.37. The molecule has 0 aromatic carbocycles. The lowest BCUT2D eigenvalue weighted by Gasteiger charge is -2.40. The summed E-state index contributed by atoms with van der Waals surface area (Å²) in [7, 11) is 0. The molecule has 0 aliphatic carbocycles. The molecule has 0 saturated carbocycles. The summed E-state index contributed by atoms with van der Waals surface area (Å²) in [5.41, 5.74) is 0.997. The topological polar surface area (TPSA) is 84.9 Å². The first-order chi connectivity index (χ1) is 15.1. The number of hydrogen-bond donors (Lipinski definition) is 0. The molecular formula is C22H26Cl2N4O4. The van der Waals surface area contributed by atoms with Crippen LogP contribution in [0.1, 0.15) is 31.9 Å². The SMILES string of the molecule is CC(C)(C)OC(=O)N1CCN(Cc2ccc(Cl)nc2)[C@H](C(=O)OCc2ccc(Cl)nc2)C1. The van der Waals surface area contributed by atoms with Gasteiger partial charge in [-0.15, -0.1) is 0 Å². The summed E-state index contributed by atoms with van der Waals surface area (Å²) < 4.78 is 11.0. The van der Waals surface area contributed by atoms with Crippen LogP contribution in [-0.4, -0.2) is 63.1 Å². The molecule has 10 heteroatoms. The van der Waals surface area contributed by atoms with Crippen LogP contribution in [0.5, 0.6) is 0 Å². The molecule has 1 amide bonds. The van der Waals surface area contributed by atoms with Crippen molar-refractivity contribution < 1.29 is 19.1 Å². The van der Waals surface area contributed by atoms with E-state index in [2.05, 4.69) is 9.97 Å². The number of aromatic nitrogens is 2. The predicted octanol–water partition coefficient (Wildman–Crippen LogP) is 3.95. The van der Waals surface area contributed by atoms with Crippen LogP contribution >= 0.6 is 23.2 Å². The van der Waals surface area contributed by atoms with E-state index in [4.69, 9.17) is 32.7 Å². The number of hydrogen-bond acceptors (Lipinski definition) is 7. The number of halogens is 2. The van der Waals surface area contributed by atoms with Crippen LogP contribution in [0, 0.1) is 0 Å². The number of carbonyl (C=O) groups is 2. The number of ether oxygens (including phenoxy) is 2. The van der Waals surface area contributed by atoms with E-state index in [1.54, 1.807) is 51.4 Å². The molecule has 0 bridgehead atoms. The van der Waals surface area contributed by atoms with Gasteiger partial charge in [0.2, 0.25) is 0 Å². The normalized spacial score (nSPS) is 17.2. The van der Waals surface area contributed by atoms with E-state index in [-0.39, 0.29) is 13.2 Å². The number of rotatable bonds is 5. The molecule has 0 radical (unpaired) electrons. The van der Waals surface area contributed by atoms with Gasteiger partial charge in [0.1, 0.15) is 28.6 Å². The standard InChI is InChI=1S/C22H26Cl2N4O4/c1-22(2,3)32-21(30)28-9-8-27(12-15-4-6-18(23)25-10-15)17(13-28)20(29)31-14-16-5-7-19(24)26-11-16/h4-7,10-11,17H,8-9,12-14H2,1-3H3/t17-/m0/s1. The Morgan fingerprint density at radius 2 is 1.66 bits per heavy atom. The second kappa shape index (κ2) is 10.5. The monoisotopic (exact) mass is 480 g/mol. The lowest BCUT2D eigenvalue weighted by atomic mass is 10.1. The third-order valence-corrected chi connectivity index (χ3v) is 5.21. The van der Waals surface area contributed by atoms with Gasteiger partial charge in [0.25, 0.3) is 0 Å². The minimum atomic E-state index is -0.660. The molecule has 8 nitrogen and oxygen atoms in total. The number of pyridine rings is 2. The minimum absolute atomic E-state index is 0.0578. The lowest BCUT2D eigenvalue weighted by Crippen LogP contribution is -2.58. The smallest absolute Gasteiger partial charge is 0.410 e. The number of amides is 1. The Hall–Kier alpha value is -2.42. The van der Waals surface area contributed by atoms with E-state index in [1.807, 2.05) is 11.0 Å². The van der Waals surface area contributed by atoms with Gasteiger partial charge < -0.3 is 14.4 Å². The summed E-state index contributed by atoms with van der Waals surface area (Å²) in [5, 5.41) is 0.763. The molecule has 0 unspecified atom stereocenters. The Morgan fingerprint density at radius 1 is 1.03 bits per heavy atom. The Kier molecular flexibility index (Phi) is 7.92. The third kappa shape index (κ3) is 7.05. The van der Waals surface area contributed by atoms with E-state index in [1.165, 1.54) is 4.90 Å². The molecule has 1 aliphatic rings. The number of nitrogens with zero attached hydrogens (tertiary/aromatic N) is 4. The average Bonchev–Trinajstić information content (AvgIpc) is 2.73. The third-order valence-electron chi connectivity index (χ3n) is 4.76. The summed E-state index contributed by atoms with van der Waals surface area (Å²) >= 11 is 11.7. The van der Waals surface area contributed by atoms with Crippen molar-refractivity contribution in [3.63, 3.8) is 0 Å². The minimum Gasteiger partial charge on any atom is -0.460 e. The molecule has 1 fully saturated rings. The van der Waals surface area contributed by atoms with Gasteiger partial charge in [0.15, 0.2) is 0 Å². The Labute approximate surface area is 197 Å². The molecule has 32 heavy (non-hydrogen) atoms. The summed E-state index contributed by atoms with van der Waals surface area (Å²) in [6.07, 6.45) is 2.77. The molecule has 3 rings (SSSR count). The number of esters is 1. The van der Waals surface area contributed by atoms with Gasteiger partial charge in [-0.3, -0.25) is 9.69 Å². The van der Waals surface area contributed by atoms with E-state index < -0.39 is 23.7 Å². The molecule has 1 saturated heterocycles. The highest BCUT2D eigenvalue weighted by Crippen LogP contribution is 2.19. The van der Waals surface area contributed by atoms with E-state index >= 15 is 0 Å². The zero-order chi connectivity index (χ0) is 23.3. The maximum Gasteiger partial charge on any atom is 0.410 e. The average molecular weight is 481 g/mol. The van der Waals surface area contributed by atoms with Crippen molar-refractivity contribution in [2.45, 2.75) is 45.6 Å². The quantitative estimate of drug-likeness (QED) is 0.472. The maximum absolute atomic E-state index is 13.0. The van der Waals surface area contributed by atoms with Crippen LogP contribution in [0.15, 0.2) is 36.7 Å². The lowest BCUT2D eigenvalue weighted by molar-refractivity contribution is -0.154. The highest BCUT2D eigenvalue weighted by molar-refractivity contribution is 6.29. The van der Waals surface area contributed by atoms with E-state index in [9.17, 15) is 9.59 Å². The van der Waals surface area contributed by atoms with Crippen molar-refractivity contribution in [1.82, 2.24) is 19.8 Å². The Balaban J connectivity index is 1.71. The number of carbonyl (C=O) groups excluding carboxylic acids is 2. The Bertz CT molecular complexity index is 932. The molecule has 3 heterocycles. The summed E-state index contributed by atoms with van der Waals surface area (Å²) in [4.78, 5) is 37.2. The van der Waals surface area contributed by atoms with Crippen LogP contribution in [-0.2, 0) is 27.4 Å². The van der Waals surface area contributed by atoms with Crippen molar-refractivity contribution in [2.75, 3.05) is 19.6 Å². The van der Waals surface area contributed by atoms with Crippen molar-refractivity contribution in [1.29, 1.82) is 0 Å². The molecule has 172 valence electrons.